The minimum absolute atomic E-state index is 0.191. The summed E-state index contributed by atoms with van der Waals surface area (Å²) >= 11 is 12.0. The van der Waals surface area contributed by atoms with Gasteiger partial charge in [0, 0.05) is 6.20 Å². The van der Waals surface area contributed by atoms with E-state index in [0.29, 0.717) is 10.7 Å². The van der Waals surface area contributed by atoms with Crippen molar-refractivity contribution < 1.29 is 14.3 Å². The molecule has 0 saturated heterocycles. The molecule has 2 rings (SSSR count). The second kappa shape index (κ2) is 9.62. The highest BCUT2D eigenvalue weighted by Crippen LogP contribution is 2.29. The van der Waals surface area contributed by atoms with Crippen molar-refractivity contribution in [1.82, 2.24) is 0 Å². The van der Waals surface area contributed by atoms with Gasteiger partial charge in [-0.15, -0.1) is 0 Å². The molecule has 2 aromatic carbocycles. The van der Waals surface area contributed by atoms with Crippen LogP contribution in [0.3, 0.4) is 0 Å². The fourth-order valence-electron chi connectivity index (χ4n) is 2.08. The maximum Gasteiger partial charge on any atom is 0.340 e. The molecule has 0 unspecified atom stereocenters. The maximum atomic E-state index is 12.4. The number of nitriles is 1. The molecule has 0 heterocycles. The predicted octanol–water partition coefficient (Wildman–Crippen LogP) is 4.63. The molecule has 8 heteroatoms. The van der Waals surface area contributed by atoms with Crippen LogP contribution in [0.15, 0.2) is 54.2 Å². The van der Waals surface area contributed by atoms with Crippen LogP contribution in [0, 0.1) is 11.3 Å². The molecule has 0 aliphatic rings. The number of halogens is 2. The van der Waals surface area contributed by atoms with Crippen LogP contribution in [0.25, 0.3) is 0 Å². The monoisotopic (exact) mass is 403 g/mol. The Hall–Kier alpha value is -3.01. The van der Waals surface area contributed by atoms with Crippen molar-refractivity contribution in [2.75, 3.05) is 17.2 Å². The van der Waals surface area contributed by atoms with Crippen molar-refractivity contribution in [3.05, 3.63) is 69.8 Å². The number of carbonyl (C=O) groups is 2. The van der Waals surface area contributed by atoms with Crippen LogP contribution in [-0.4, -0.2) is 18.5 Å². The number of hydrogen-bond acceptors (Lipinski definition) is 5. The van der Waals surface area contributed by atoms with Gasteiger partial charge in [0.05, 0.1) is 33.6 Å². The van der Waals surface area contributed by atoms with E-state index in [0.717, 1.165) is 0 Å². The van der Waals surface area contributed by atoms with Crippen molar-refractivity contribution in [2.45, 2.75) is 6.92 Å². The summed E-state index contributed by atoms with van der Waals surface area (Å²) in [5.41, 5.74) is 0.653. The lowest BCUT2D eigenvalue weighted by atomic mass is 10.1. The summed E-state index contributed by atoms with van der Waals surface area (Å²) in [6.07, 6.45) is 1.21. The first-order chi connectivity index (χ1) is 13.0. The Morgan fingerprint density at radius 1 is 1.15 bits per heavy atom. The molecule has 0 aliphatic carbocycles. The van der Waals surface area contributed by atoms with Gasteiger partial charge in [0.25, 0.3) is 5.91 Å². The fourth-order valence-corrected chi connectivity index (χ4v) is 2.44. The summed E-state index contributed by atoms with van der Waals surface area (Å²) in [6.45, 7) is 1.89. The minimum atomic E-state index is -0.695. The normalized spacial score (nSPS) is 10.7. The van der Waals surface area contributed by atoms with E-state index in [4.69, 9.17) is 27.9 Å². The van der Waals surface area contributed by atoms with Gasteiger partial charge in [-0.3, -0.25) is 4.79 Å². The zero-order valence-corrected chi connectivity index (χ0v) is 15.8. The zero-order valence-electron chi connectivity index (χ0n) is 14.3. The second-order valence-corrected chi connectivity index (χ2v) is 5.92. The van der Waals surface area contributed by atoms with Gasteiger partial charge in [-0.05, 0) is 31.2 Å². The van der Waals surface area contributed by atoms with Crippen molar-refractivity contribution in [3.8, 4) is 6.07 Å². The summed E-state index contributed by atoms with van der Waals surface area (Å²) in [5.74, 6) is -1.26. The summed E-state index contributed by atoms with van der Waals surface area (Å²) in [7, 11) is 0. The number of amides is 1. The van der Waals surface area contributed by atoms with Crippen LogP contribution in [0.1, 0.15) is 17.3 Å². The van der Waals surface area contributed by atoms with Crippen molar-refractivity contribution in [1.29, 1.82) is 5.26 Å². The summed E-state index contributed by atoms with van der Waals surface area (Å²) < 4.78 is 4.96. The topological polar surface area (TPSA) is 91.2 Å². The van der Waals surface area contributed by atoms with Crippen LogP contribution in [-0.2, 0) is 9.53 Å². The third kappa shape index (κ3) is 5.23. The average molecular weight is 404 g/mol. The molecule has 2 N–H and O–H groups in total. The van der Waals surface area contributed by atoms with E-state index in [1.165, 1.54) is 12.3 Å². The quantitative estimate of drug-likeness (QED) is 0.416. The highest BCUT2D eigenvalue weighted by molar-refractivity contribution is 6.43. The average Bonchev–Trinajstić information content (AvgIpc) is 2.66. The third-order valence-corrected chi connectivity index (χ3v) is 4.18. The molecule has 0 radical (unpaired) electrons. The second-order valence-electron chi connectivity index (χ2n) is 5.14. The van der Waals surface area contributed by atoms with Gasteiger partial charge >= 0.3 is 5.97 Å². The molecule has 0 bridgehead atoms. The number of carbonyl (C=O) groups excluding carboxylic acids is 2. The Kier molecular flexibility index (Phi) is 7.24. The van der Waals surface area contributed by atoms with Crippen molar-refractivity contribution in [3.63, 3.8) is 0 Å². The van der Waals surface area contributed by atoms with Gasteiger partial charge in [0.15, 0.2) is 0 Å². The van der Waals surface area contributed by atoms with E-state index in [-0.39, 0.29) is 28.5 Å². The number of nitrogens with one attached hydrogen (secondary N) is 2. The van der Waals surface area contributed by atoms with E-state index in [1.807, 2.05) is 0 Å². The molecule has 0 atom stereocenters. The largest absolute Gasteiger partial charge is 0.462 e. The number of para-hydroxylation sites is 1. The van der Waals surface area contributed by atoms with Gasteiger partial charge in [0.1, 0.15) is 11.6 Å². The number of rotatable bonds is 6. The Balaban J connectivity index is 2.20. The number of nitrogens with zero attached hydrogens (tertiary/aromatic N) is 1. The lowest BCUT2D eigenvalue weighted by molar-refractivity contribution is -0.112. The first-order valence-electron chi connectivity index (χ1n) is 7.86. The molecule has 27 heavy (non-hydrogen) atoms. The number of benzene rings is 2. The zero-order chi connectivity index (χ0) is 19.8. The Morgan fingerprint density at radius 3 is 2.56 bits per heavy atom. The molecule has 0 saturated carbocycles. The minimum Gasteiger partial charge on any atom is -0.462 e. The van der Waals surface area contributed by atoms with E-state index >= 15 is 0 Å². The first kappa shape index (κ1) is 20.3. The van der Waals surface area contributed by atoms with Gasteiger partial charge in [-0.2, -0.15) is 5.26 Å². The lowest BCUT2D eigenvalue weighted by Gasteiger charge is -2.10. The number of esters is 1. The molecule has 6 nitrogen and oxygen atoms in total. The summed E-state index contributed by atoms with van der Waals surface area (Å²) in [4.78, 5) is 24.4. The van der Waals surface area contributed by atoms with Crippen LogP contribution < -0.4 is 10.6 Å². The number of anilines is 2. The van der Waals surface area contributed by atoms with Crippen LogP contribution in [0.2, 0.25) is 10.0 Å². The molecule has 0 spiro atoms. The molecule has 0 aromatic heterocycles. The molecule has 0 fully saturated rings. The molecular weight excluding hydrogens is 389 g/mol. The summed E-state index contributed by atoms with van der Waals surface area (Å²) in [5, 5.41) is 15.2. The molecule has 2 aromatic rings. The van der Waals surface area contributed by atoms with Gasteiger partial charge in [-0.1, -0.05) is 41.4 Å². The molecular formula is C19H15Cl2N3O3. The summed E-state index contributed by atoms with van der Waals surface area (Å²) in [6, 6.07) is 13.1. The molecule has 1 amide bonds. The predicted molar refractivity (Wildman–Crippen MR) is 105 cm³/mol. The van der Waals surface area contributed by atoms with Gasteiger partial charge < -0.3 is 15.4 Å². The Labute approximate surface area is 166 Å². The Bertz CT molecular complexity index is 936. The highest BCUT2D eigenvalue weighted by Gasteiger charge is 2.16. The number of hydrogen-bond donors (Lipinski definition) is 2. The van der Waals surface area contributed by atoms with Crippen LogP contribution in [0.4, 0.5) is 11.4 Å². The molecule has 138 valence electrons. The Morgan fingerprint density at radius 2 is 1.85 bits per heavy atom. The van der Waals surface area contributed by atoms with E-state index < -0.39 is 11.9 Å². The van der Waals surface area contributed by atoms with Crippen molar-refractivity contribution in [2.24, 2.45) is 0 Å². The van der Waals surface area contributed by atoms with Gasteiger partial charge in [0.2, 0.25) is 0 Å². The fraction of sp³-hybridized carbons (Fsp3) is 0.105. The standard InChI is InChI=1S/C19H15Cl2N3O3/c1-2-27-19(26)13-6-3-4-8-15(13)24-18(25)12(10-22)11-23-16-9-5-7-14(20)17(16)21/h3-9,11,23H,2H2,1H3,(H,24,25)/b12-11-. The van der Waals surface area contributed by atoms with Crippen LogP contribution >= 0.6 is 23.2 Å². The smallest absolute Gasteiger partial charge is 0.340 e. The number of ether oxygens (including phenoxy) is 1. The van der Waals surface area contributed by atoms with E-state index in [9.17, 15) is 14.9 Å². The maximum absolute atomic E-state index is 12.4. The highest BCUT2D eigenvalue weighted by atomic mass is 35.5. The lowest BCUT2D eigenvalue weighted by Crippen LogP contribution is -2.17. The van der Waals surface area contributed by atoms with Crippen LogP contribution in [0.5, 0.6) is 0 Å². The van der Waals surface area contributed by atoms with Gasteiger partial charge in [-0.25, -0.2) is 4.79 Å². The molecule has 0 aliphatic heterocycles. The van der Waals surface area contributed by atoms with Crippen molar-refractivity contribution >= 4 is 46.5 Å². The SMILES string of the molecule is CCOC(=O)c1ccccc1NC(=O)/C(C#N)=C\Nc1cccc(Cl)c1Cl. The third-order valence-electron chi connectivity index (χ3n) is 3.36. The first-order valence-corrected chi connectivity index (χ1v) is 8.61. The van der Waals surface area contributed by atoms with E-state index in [2.05, 4.69) is 10.6 Å². The van der Waals surface area contributed by atoms with E-state index in [1.54, 1.807) is 49.4 Å².